The first kappa shape index (κ1) is 12.8. The SMILES string of the molecule is Cc1cc(C(N)=O)cc(NC2(CN)CCCC2)n1. The fourth-order valence-corrected chi connectivity index (χ4v) is 2.58. The topological polar surface area (TPSA) is 94.0 Å². The monoisotopic (exact) mass is 248 g/mol. The van der Waals surface area contributed by atoms with Crippen molar-refractivity contribution in [2.24, 2.45) is 11.5 Å². The third-order valence-corrected chi connectivity index (χ3v) is 3.58. The van der Waals surface area contributed by atoms with Gasteiger partial charge < -0.3 is 16.8 Å². The van der Waals surface area contributed by atoms with E-state index in [1.807, 2.05) is 6.92 Å². The Labute approximate surface area is 107 Å². The van der Waals surface area contributed by atoms with Gasteiger partial charge in [0.15, 0.2) is 0 Å². The van der Waals surface area contributed by atoms with Gasteiger partial charge in [-0.2, -0.15) is 0 Å². The molecule has 2 rings (SSSR count). The lowest BCUT2D eigenvalue weighted by Gasteiger charge is -2.29. The largest absolute Gasteiger partial charge is 0.366 e. The molecule has 5 N–H and O–H groups in total. The molecule has 0 aliphatic heterocycles. The number of carbonyl (C=O) groups is 1. The van der Waals surface area contributed by atoms with E-state index in [0.29, 0.717) is 17.9 Å². The highest BCUT2D eigenvalue weighted by atomic mass is 16.1. The molecule has 0 saturated heterocycles. The predicted molar refractivity (Wildman–Crippen MR) is 71.4 cm³/mol. The van der Waals surface area contributed by atoms with Crippen LogP contribution in [0.2, 0.25) is 0 Å². The van der Waals surface area contributed by atoms with Gasteiger partial charge in [-0.05, 0) is 31.9 Å². The number of amides is 1. The van der Waals surface area contributed by atoms with Crippen molar-refractivity contribution in [1.29, 1.82) is 0 Å². The molecule has 1 aliphatic carbocycles. The Balaban J connectivity index is 2.25. The van der Waals surface area contributed by atoms with Gasteiger partial charge >= 0.3 is 0 Å². The van der Waals surface area contributed by atoms with Crippen LogP contribution in [0.5, 0.6) is 0 Å². The van der Waals surface area contributed by atoms with E-state index < -0.39 is 5.91 Å². The molecule has 1 amide bonds. The third-order valence-electron chi connectivity index (χ3n) is 3.58. The predicted octanol–water partition coefficient (Wildman–Crippen LogP) is 1.17. The zero-order valence-corrected chi connectivity index (χ0v) is 10.7. The molecule has 0 aromatic carbocycles. The standard InChI is InChI=1S/C13H20N4O/c1-9-6-10(12(15)18)7-11(16-9)17-13(8-14)4-2-3-5-13/h6-7H,2-5,8,14H2,1H3,(H2,15,18)(H,16,17). The quantitative estimate of drug-likeness (QED) is 0.745. The Kier molecular flexibility index (Phi) is 3.52. The molecule has 1 aromatic heterocycles. The lowest BCUT2D eigenvalue weighted by Crippen LogP contribution is -2.43. The molecule has 1 saturated carbocycles. The molecule has 1 aliphatic rings. The number of aryl methyl sites for hydroxylation is 1. The average molecular weight is 248 g/mol. The third kappa shape index (κ3) is 2.61. The van der Waals surface area contributed by atoms with Crippen molar-refractivity contribution >= 4 is 11.7 Å². The molecule has 1 aromatic rings. The normalized spacial score (nSPS) is 17.7. The Morgan fingerprint density at radius 3 is 2.67 bits per heavy atom. The lowest BCUT2D eigenvalue weighted by atomic mass is 9.98. The van der Waals surface area contributed by atoms with E-state index in [9.17, 15) is 4.79 Å². The Morgan fingerprint density at radius 1 is 1.44 bits per heavy atom. The van der Waals surface area contributed by atoms with E-state index in [4.69, 9.17) is 11.5 Å². The summed E-state index contributed by atoms with van der Waals surface area (Å²) >= 11 is 0. The van der Waals surface area contributed by atoms with E-state index in [1.165, 1.54) is 12.8 Å². The van der Waals surface area contributed by atoms with Gasteiger partial charge in [0, 0.05) is 17.8 Å². The summed E-state index contributed by atoms with van der Waals surface area (Å²) in [4.78, 5) is 15.6. The van der Waals surface area contributed by atoms with Crippen molar-refractivity contribution < 1.29 is 4.79 Å². The van der Waals surface area contributed by atoms with Crippen molar-refractivity contribution in [3.05, 3.63) is 23.4 Å². The van der Waals surface area contributed by atoms with Gasteiger partial charge in [-0.3, -0.25) is 4.79 Å². The number of nitrogens with zero attached hydrogens (tertiary/aromatic N) is 1. The summed E-state index contributed by atoms with van der Waals surface area (Å²) in [6.07, 6.45) is 4.45. The number of anilines is 1. The minimum atomic E-state index is -0.434. The first-order valence-corrected chi connectivity index (χ1v) is 6.31. The Hall–Kier alpha value is -1.62. The Morgan fingerprint density at radius 2 is 2.11 bits per heavy atom. The van der Waals surface area contributed by atoms with Crippen molar-refractivity contribution in [1.82, 2.24) is 4.98 Å². The number of primary amides is 1. The van der Waals surface area contributed by atoms with Crippen LogP contribution in [-0.2, 0) is 0 Å². The van der Waals surface area contributed by atoms with E-state index in [0.717, 1.165) is 18.5 Å². The molecule has 0 atom stereocenters. The van der Waals surface area contributed by atoms with Crippen LogP contribution >= 0.6 is 0 Å². The van der Waals surface area contributed by atoms with Crippen molar-refractivity contribution in [3.63, 3.8) is 0 Å². The van der Waals surface area contributed by atoms with Crippen LogP contribution < -0.4 is 16.8 Å². The second-order valence-corrected chi connectivity index (χ2v) is 5.06. The van der Waals surface area contributed by atoms with Crippen molar-refractivity contribution in [2.75, 3.05) is 11.9 Å². The molecule has 5 nitrogen and oxygen atoms in total. The van der Waals surface area contributed by atoms with E-state index >= 15 is 0 Å². The summed E-state index contributed by atoms with van der Waals surface area (Å²) in [7, 11) is 0. The van der Waals surface area contributed by atoms with Crippen LogP contribution in [-0.4, -0.2) is 23.0 Å². The van der Waals surface area contributed by atoms with Gasteiger partial charge in [0.25, 0.3) is 0 Å². The summed E-state index contributed by atoms with van der Waals surface area (Å²) in [5.74, 6) is 0.257. The van der Waals surface area contributed by atoms with Gasteiger partial charge in [-0.1, -0.05) is 12.8 Å². The number of hydrogen-bond acceptors (Lipinski definition) is 4. The zero-order chi connectivity index (χ0) is 13.2. The zero-order valence-electron chi connectivity index (χ0n) is 10.7. The van der Waals surface area contributed by atoms with Crippen LogP contribution in [0.1, 0.15) is 41.7 Å². The average Bonchev–Trinajstić information content (AvgIpc) is 2.77. The van der Waals surface area contributed by atoms with E-state index in [1.54, 1.807) is 12.1 Å². The number of pyridine rings is 1. The van der Waals surface area contributed by atoms with Crippen LogP contribution in [0.25, 0.3) is 0 Å². The van der Waals surface area contributed by atoms with Crippen molar-refractivity contribution in [3.8, 4) is 0 Å². The maximum Gasteiger partial charge on any atom is 0.248 e. The molecule has 0 unspecified atom stereocenters. The second kappa shape index (κ2) is 4.94. The summed E-state index contributed by atoms with van der Waals surface area (Å²) < 4.78 is 0. The number of carbonyl (C=O) groups excluding carboxylic acids is 1. The maximum atomic E-state index is 11.2. The number of nitrogens with one attached hydrogen (secondary N) is 1. The summed E-state index contributed by atoms with van der Waals surface area (Å²) in [5, 5.41) is 3.40. The van der Waals surface area contributed by atoms with Crippen LogP contribution in [0.4, 0.5) is 5.82 Å². The van der Waals surface area contributed by atoms with E-state index in [-0.39, 0.29) is 5.54 Å². The smallest absolute Gasteiger partial charge is 0.248 e. The highest BCUT2D eigenvalue weighted by Crippen LogP contribution is 2.32. The molecular formula is C13H20N4O. The number of rotatable bonds is 4. The van der Waals surface area contributed by atoms with Crippen LogP contribution in [0, 0.1) is 6.92 Å². The molecule has 1 fully saturated rings. The molecule has 1 heterocycles. The summed E-state index contributed by atoms with van der Waals surface area (Å²) in [6.45, 7) is 2.43. The number of hydrogen-bond donors (Lipinski definition) is 3. The minimum Gasteiger partial charge on any atom is -0.366 e. The van der Waals surface area contributed by atoms with Gasteiger partial charge in [0.2, 0.25) is 5.91 Å². The lowest BCUT2D eigenvalue weighted by molar-refractivity contribution is 0.1000. The maximum absolute atomic E-state index is 11.2. The first-order chi connectivity index (χ1) is 8.54. The molecule has 0 bridgehead atoms. The molecule has 0 radical (unpaired) electrons. The fourth-order valence-electron chi connectivity index (χ4n) is 2.58. The number of aromatic nitrogens is 1. The van der Waals surface area contributed by atoms with Gasteiger partial charge in [-0.25, -0.2) is 4.98 Å². The molecular weight excluding hydrogens is 228 g/mol. The first-order valence-electron chi connectivity index (χ1n) is 6.31. The molecule has 98 valence electrons. The summed E-state index contributed by atoms with van der Waals surface area (Å²) in [6, 6.07) is 3.39. The van der Waals surface area contributed by atoms with Crippen molar-refractivity contribution in [2.45, 2.75) is 38.1 Å². The van der Waals surface area contributed by atoms with Crippen LogP contribution in [0.15, 0.2) is 12.1 Å². The number of nitrogens with two attached hydrogens (primary N) is 2. The molecule has 0 spiro atoms. The van der Waals surface area contributed by atoms with Gasteiger partial charge in [0.1, 0.15) is 5.82 Å². The summed E-state index contributed by atoms with van der Waals surface area (Å²) in [5.41, 5.74) is 12.4. The highest BCUT2D eigenvalue weighted by molar-refractivity contribution is 5.93. The fraction of sp³-hybridized carbons (Fsp3) is 0.538. The van der Waals surface area contributed by atoms with E-state index in [2.05, 4.69) is 10.3 Å². The van der Waals surface area contributed by atoms with Gasteiger partial charge in [-0.15, -0.1) is 0 Å². The minimum absolute atomic E-state index is 0.0737. The van der Waals surface area contributed by atoms with Crippen LogP contribution in [0.3, 0.4) is 0 Å². The highest BCUT2D eigenvalue weighted by Gasteiger charge is 2.32. The molecule has 5 heteroatoms. The van der Waals surface area contributed by atoms with Gasteiger partial charge in [0.05, 0.1) is 5.54 Å². The Bertz CT molecular complexity index is 452. The molecule has 18 heavy (non-hydrogen) atoms. The second-order valence-electron chi connectivity index (χ2n) is 5.06.